The van der Waals surface area contributed by atoms with Gasteiger partial charge in [-0.25, -0.2) is 0 Å². The fraction of sp³-hybridized carbons (Fsp3) is 0.500. The van der Waals surface area contributed by atoms with Crippen molar-refractivity contribution in [3.8, 4) is 0 Å². The Morgan fingerprint density at radius 1 is 1.00 bits per heavy atom. The third kappa shape index (κ3) is 1.61. The van der Waals surface area contributed by atoms with Crippen molar-refractivity contribution in [2.24, 2.45) is 5.41 Å². The minimum atomic E-state index is -0.974. The van der Waals surface area contributed by atoms with Crippen molar-refractivity contribution in [1.82, 2.24) is 0 Å². The van der Waals surface area contributed by atoms with E-state index in [1.807, 2.05) is 24.3 Å². The van der Waals surface area contributed by atoms with Crippen LogP contribution in [0.4, 0.5) is 0 Å². The predicted molar refractivity (Wildman–Crippen MR) is 61.8 cm³/mol. The van der Waals surface area contributed by atoms with Crippen LogP contribution in [-0.2, 0) is 20.2 Å². The van der Waals surface area contributed by atoms with Crippen LogP contribution in [0.2, 0.25) is 0 Å². The van der Waals surface area contributed by atoms with Crippen molar-refractivity contribution in [2.75, 3.05) is 19.8 Å². The van der Waals surface area contributed by atoms with Gasteiger partial charge in [-0.1, -0.05) is 22.9 Å². The van der Waals surface area contributed by atoms with E-state index in [0.29, 0.717) is 19.8 Å². The van der Waals surface area contributed by atoms with Gasteiger partial charge in [-0.3, -0.25) is 0 Å². The van der Waals surface area contributed by atoms with E-state index in [2.05, 4.69) is 22.9 Å². The van der Waals surface area contributed by atoms with Crippen LogP contribution in [-0.4, -0.2) is 19.8 Å². The molecule has 0 saturated carbocycles. The molecule has 0 amide bonds. The first-order chi connectivity index (χ1) is 7.62. The van der Waals surface area contributed by atoms with Crippen LogP contribution in [0, 0.1) is 5.41 Å². The SMILES string of the molecule is CC12COC(c3ccc(Br)cc3)(OC1)OC2. The van der Waals surface area contributed by atoms with Crippen molar-refractivity contribution >= 4 is 15.9 Å². The first-order valence-electron chi connectivity index (χ1n) is 5.30. The van der Waals surface area contributed by atoms with Gasteiger partial charge in [0.1, 0.15) is 0 Å². The van der Waals surface area contributed by atoms with Crippen molar-refractivity contribution in [2.45, 2.75) is 12.9 Å². The smallest absolute Gasteiger partial charge is 0.312 e. The molecule has 0 spiro atoms. The van der Waals surface area contributed by atoms with E-state index < -0.39 is 5.97 Å². The van der Waals surface area contributed by atoms with E-state index in [0.717, 1.165) is 10.0 Å². The molecule has 0 aromatic heterocycles. The molecule has 4 rings (SSSR count). The molecular weight excluding hydrogens is 272 g/mol. The molecule has 86 valence electrons. The summed E-state index contributed by atoms with van der Waals surface area (Å²) >= 11 is 3.40. The maximum Gasteiger partial charge on any atom is 0.312 e. The molecule has 0 N–H and O–H groups in total. The molecule has 3 nitrogen and oxygen atoms in total. The molecule has 4 heteroatoms. The van der Waals surface area contributed by atoms with Crippen molar-refractivity contribution in [3.05, 3.63) is 34.3 Å². The van der Waals surface area contributed by atoms with E-state index >= 15 is 0 Å². The van der Waals surface area contributed by atoms with Crippen molar-refractivity contribution < 1.29 is 14.2 Å². The lowest BCUT2D eigenvalue weighted by atomic mass is 9.91. The van der Waals surface area contributed by atoms with E-state index in [-0.39, 0.29) is 5.41 Å². The molecule has 3 saturated heterocycles. The summed E-state index contributed by atoms with van der Waals surface area (Å²) in [6.07, 6.45) is 0. The van der Waals surface area contributed by atoms with Crippen LogP contribution in [0.3, 0.4) is 0 Å². The van der Waals surface area contributed by atoms with Crippen LogP contribution < -0.4 is 0 Å². The fourth-order valence-corrected chi connectivity index (χ4v) is 2.23. The Kier molecular flexibility index (Phi) is 2.37. The van der Waals surface area contributed by atoms with Crippen LogP contribution in [0.15, 0.2) is 28.7 Å². The van der Waals surface area contributed by atoms with Gasteiger partial charge < -0.3 is 14.2 Å². The molecular formula is C12H13BrO3. The monoisotopic (exact) mass is 284 g/mol. The first kappa shape index (κ1) is 10.7. The Hall–Kier alpha value is -0.420. The van der Waals surface area contributed by atoms with Crippen molar-refractivity contribution in [3.63, 3.8) is 0 Å². The van der Waals surface area contributed by atoms with Crippen LogP contribution in [0.1, 0.15) is 12.5 Å². The lowest BCUT2D eigenvalue weighted by Crippen LogP contribution is -2.57. The van der Waals surface area contributed by atoms with Gasteiger partial charge in [0.25, 0.3) is 0 Å². The average Bonchev–Trinajstić information content (AvgIpc) is 2.31. The molecule has 1 aromatic rings. The largest absolute Gasteiger partial charge is 0.323 e. The van der Waals surface area contributed by atoms with Gasteiger partial charge in [0.15, 0.2) is 0 Å². The summed E-state index contributed by atoms with van der Waals surface area (Å²) < 4.78 is 18.2. The second-order valence-corrected chi connectivity index (χ2v) is 5.66. The number of hydrogen-bond donors (Lipinski definition) is 0. The second-order valence-electron chi connectivity index (χ2n) is 4.74. The zero-order valence-electron chi connectivity index (χ0n) is 9.03. The van der Waals surface area contributed by atoms with E-state index in [9.17, 15) is 0 Å². The van der Waals surface area contributed by atoms with E-state index in [4.69, 9.17) is 14.2 Å². The zero-order valence-corrected chi connectivity index (χ0v) is 10.6. The second kappa shape index (κ2) is 3.53. The summed E-state index contributed by atoms with van der Waals surface area (Å²) in [5.41, 5.74) is 0.925. The van der Waals surface area contributed by atoms with Gasteiger partial charge in [-0.05, 0) is 24.3 Å². The van der Waals surface area contributed by atoms with Crippen LogP contribution in [0.25, 0.3) is 0 Å². The number of benzene rings is 1. The van der Waals surface area contributed by atoms with Gasteiger partial charge in [-0.15, -0.1) is 0 Å². The molecule has 3 heterocycles. The van der Waals surface area contributed by atoms with Crippen molar-refractivity contribution in [1.29, 1.82) is 0 Å². The minimum Gasteiger partial charge on any atom is -0.323 e. The summed E-state index contributed by atoms with van der Waals surface area (Å²) in [4.78, 5) is 0. The van der Waals surface area contributed by atoms with Gasteiger partial charge in [0.05, 0.1) is 19.8 Å². The standard InChI is InChI=1S/C12H13BrO3/c1-11-6-14-12(15-7-11,16-8-11)9-2-4-10(13)5-3-9/h2-5H,6-8H2,1H3. The molecule has 0 unspecified atom stereocenters. The molecule has 1 aromatic carbocycles. The molecule has 3 aliphatic heterocycles. The Balaban J connectivity index is 1.92. The van der Waals surface area contributed by atoms with Gasteiger partial charge in [0, 0.05) is 15.5 Å². The Morgan fingerprint density at radius 2 is 1.50 bits per heavy atom. The predicted octanol–water partition coefficient (Wildman–Crippen LogP) is 2.64. The molecule has 3 aliphatic rings. The molecule has 2 bridgehead atoms. The summed E-state index contributed by atoms with van der Waals surface area (Å²) in [6, 6.07) is 7.83. The highest BCUT2D eigenvalue weighted by molar-refractivity contribution is 9.10. The van der Waals surface area contributed by atoms with Gasteiger partial charge in [0.2, 0.25) is 0 Å². The summed E-state index contributed by atoms with van der Waals surface area (Å²) in [6.45, 7) is 4.16. The third-order valence-electron chi connectivity index (χ3n) is 3.03. The molecule has 16 heavy (non-hydrogen) atoms. The molecule has 0 radical (unpaired) electrons. The van der Waals surface area contributed by atoms with Gasteiger partial charge in [-0.2, -0.15) is 0 Å². The Labute approximate surface area is 103 Å². The topological polar surface area (TPSA) is 27.7 Å². The fourth-order valence-electron chi connectivity index (χ4n) is 1.96. The summed E-state index contributed by atoms with van der Waals surface area (Å²) in [5.74, 6) is -0.974. The first-order valence-corrected chi connectivity index (χ1v) is 6.09. The number of ether oxygens (including phenoxy) is 3. The van der Waals surface area contributed by atoms with E-state index in [1.165, 1.54) is 0 Å². The average molecular weight is 285 g/mol. The number of rotatable bonds is 1. The molecule has 3 fully saturated rings. The number of hydrogen-bond acceptors (Lipinski definition) is 3. The lowest BCUT2D eigenvalue weighted by molar-refractivity contribution is -0.477. The summed E-state index contributed by atoms with van der Waals surface area (Å²) in [5, 5.41) is 0. The number of halogens is 1. The maximum atomic E-state index is 5.73. The molecule has 0 aliphatic carbocycles. The lowest BCUT2D eigenvalue weighted by Gasteiger charge is -2.50. The maximum absolute atomic E-state index is 5.73. The highest BCUT2D eigenvalue weighted by Gasteiger charge is 2.51. The van der Waals surface area contributed by atoms with Crippen LogP contribution in [0.5, 0.6) is 0 Å². The van der Waals surface area contributed by atoms with Crippen LogP contribution >= 0.6 is 15.9 Å². The summed E-state index contributed by atoms with van der Waals surface area (Å²) in [7, 11) is 0. The highest BCUT2D eigenvalue weighted by atomic mass is 79.9. The third-order valence-corrected chi connectivity index (χ3v) is 3.56. The minimum absolute atomic E-state index is 0.0110. The highest BCUT2D eigenvalue weighted by Crippen LogP contribution is 2.43. The Bertz CT molecular complexity index is 377. The quantitative estimate of drug-likeness (QED) is 0.794. The van der Waals surface area contributed by atoms with E-state index in [1.54, 1.807) is 0 Å². The zero-order chi connectivity index (χ0) is 11.2. The molecule has 0 atom stereocenters. The normalized spacial score (nSPS) is 37.6. The van der Waals surface area contributed by atoms with Gasteiger partial charge >= 0.3 is 5.97 Å². The Morgan fingerprint density at radius 3 is 2.00 bits per heavy atom. The number of fused-ring (bicyclic) bond motifs is 3.